The number of ether oxygens (including phenoxy) is 1. The lowest BCUT2D eigenvalue weighted by Gasteiger charge is -2.47. The Hall–Kier alpha value is -1.13. The molecule has 0 bridgehead atoms. The first-order valence-electron chi connectivity index (χ1n) is 6.55. The van der Waals surface area contributed by atoms with Gasteiger partial charge in [-0.1, -0.05) is 6.92 Å². The van der Waals surface area contributed by atoms with Crippen LogP contribution < -0.4 is 15.8 Å². The summed E-state index contributed by atoms with van der Waals surface area (Å²) < 4.78 is 19.5. The summed E-state index contributed by atoms with van der Waals surface area (Å²) in [4.78, 5) is 0. The van der Waals surface area contributed by atoms with Gasteiger partial charge in [0.05, 0.1) is 0 Å². The molecule has 3 nitrogen and oxygen atoms in total. The number of hydrogen-bond donors (Lipinski definition) is 2. The molecular formula is C14H19FN2O. The summed E-state index contributed by atoms with van der Waals surface area (Å²) >= 11 is 0. The molecule has 98 valence electrons. The fraction of sp³-hybridized carbons (Fsp3) is 0.571. The van der Waals surface area contributed by atoms with Crippen LogP contribution >= 0.6 is 0 Å². The van der Waals surface area contributed by atoms with Gasteiger partial charge in [-0.15, -0.1) is 0 Å². The smallest absolute Gasteiger partial charge is 0.125 e. The molecule has 3 N–H and O–H groups in total. The van der Waals surface area contributed by atoms with Crippen molar-refractivity contribution in [3.05, 3.63) is 29.6 Å². The highest BCUT2D eigenvalue weighted by molar-refractivity contribution is 5.39. The zero-order valence-corrected chi connectivity index (χ0v) is 10.6. The van der Waals surface area contributed by atoms with E-state index in [2.05, 4.69) is 12.2 Å². The first-order valence-corrected chi connectivity index (χ1v) is 6.55. The van der Waals surface area contributed by atoms with E-state index < -0.39 is 0 Å². The third-order valence-corrected chi connectivity index (χ3v) is 4.32. The summed E-state index contributed by atoms with van der Waals surface area (Å²) in [7, 11) is 0. The lowest BCUT2D eigenvalue weighted by molar-refractivity contribution is -0.0336. The minimum atomic E-state index is -0.248. The molecular weight excluding hydrogens is 231 g/mol. The fourth-order valence-corrected chi connectivity index (χ4v) is 3.15. The van der Waals surface area contributed by atoms with E-state index in [1.807, 2.05) is 0 Å². The average molecular weight is 250 g/mol. The largest absolute Gasteiger partial charge is 0.486 e. The Morgan fingerprint density at radius 3 is 3.11 bits per heavy atom. The molecule has 2 heterocycles. The van der Waals surface area contributed by atoms with Crippen LogP contribution in [0.3, 0.4) is 0 Å². The third kappa shape index (κ3) is 1.80. The summed E-state index contributed by atoms with van der Waals surface area (Å²) in [6.07, 6.45) is 1.73. The summed E-state index contributed by atoms with van der Waals surface area (Å²) in [6.45, 7) is 4.09. The van der Waals surface area contributed by atoms with E-state index in [0.29, 0.717) is 5.92 Å². The first kappa shape index (κ1) is 11.9. The molecule has 0 aliphatic carbocycles. The number of fused-ring (bicyclic) bond motifs is 1. The van der Waals surface area contributed by atoms with Gasteiger partial charge in [0, 0.05) is 30.5 Å². The standard InChI is InChI=1S/C14H19FN2O/c1-9-8-17-5-4-14(9)7-12(16)11-6-10(15)2-3-13(11)18-14/h2-3,6,9,12,17H,4-5,7-8,16H2,1H3. The SMILES string of the molecule is CC1CNCCC12CC(N)c1cc(F)ccc1O2. The van der Waals surface area contributed by atoms with Crippen molar-refractivity contribution in [2.75, 3.05) is 13.1 Å². The van der Waals surface area contributed by atoms with Gasteiger partial charge in [-0.05, 0) is 31.2 Å². The number of rotatable bonds is 0. The van der Waals surface area contributed by atoms with Gasteiger partial charge in [0.1, 0.15) is 17.2 Å². The van der Waals surface area contributed by atoms with Crippen LogP contribution in [0.2, 0.25) is 0 Å². The van der Waals surface area contributed by atoms with Crippen LogP contribution in [0.5, 0.6) is 5.75 Å². The van der Waals surface area contributed by atoms with Gasteiger partial charge in [0.25, 0.3) is 0 Å². The van der Waals surface area contributed by atoms with Crippen molar-refractivity contribution in [1.29, 1.82) is 0 Å². The monoisotopic (exact) mass is 250 g/mol. The molecule has 2 aliphatic heterocycles. The molecule has 2 aliphatic rings. The summed E-state index contributed by atoms with van der Waals surface area (Å²) in [6, 6.07) is 4.51. The van der Waals surface area contributed by atoms with Crippen LogP contribution in [0.15, 0.2) is 18.2 Å². The molecule has 1 aromatic rings. The van der Waals surface area contributed by atoms with Crippen molar-refractivity contribution in [1.82, 2.24) is 5.32 Å². The summed E-state index contributed by atoms with van der Waals surface area (Å²) in [5, 5.41) is 3.37. The maximum absolute atomic E-state index is 13.3. The highest BCUT2D eigenvalue weighted by atomic mass is 19.1. The molecule has 3 unspecified atom stereocenters. The molecule has 4 heteroatoms. The molecule has 3 rings (SSSR count). The summed E-state index contributed by atoms with van der Waals surface area (Å²) in [5.74, 6) is 0.918. The van der Waals surface area contributed by atoms with Gasteiger partial charge >= 0.3 is 0 Å². The van der Waals surface area contributed by atoms with E-state index in [9.17, 15) is 4.39 Å². The van der Waals surface area contributed by atoms with Gasteiger partial charge in [-0.3, -0.25) is 0 Å². The molecule has 3 atom stereocenters. The van der Waals surface area contributed by atoms with E-state index in [1.54, 1.807) is 6.07 Å². The van der Waals surface area contributed by atoms with Crippen molar-refractivity contribution < 1.29 is 9.13 Å². The van der Waals surface area contributed by atoms with Gasteiger partial charge in [0.2, 0.25) is 0 Å². The number of nitrogens with two attached hydrogens (primary N) is 1. The van der Waals surface area contributed by atoms with E-state index in [0.717, 1.165) is 37.2 Å². The minimum Gasteiger partial charge on any atom is -0.486 e. The molecule has 1 saturated heterocycles. The maximum atomic E-state index is 13.3. The second kappa shape index (κ2) is 4.21. The molecule has 1 spiro atoms. The van der Waals surface area contributed by atoms with Crippen LogP contribution in [0.4, 0.5) is 4.39 Å². The second-order valence-corrected chi connectivity index (χ2v) is 5.51. The Morgan fingerprint density at radius 2 is 2.33 bits per heavy atom. The lowest BCUT2D eigenvalue weighted by atomic mass is 9.75. The molecule has 0 amide bonds. The van der Waals surface area contributed by atoms with Gasteiger partial charge in [-0.25, -0.2) is 4.39 Å². The fourth-order valence-electron chi connectivity index (χ4n) is 3.15. The normalized spacial score (nSPS) is 35.1. The van der Waals surface area contributed by atoms with Crippen LogP contribution in [-0.4, -0.2) is 18.7 Å². The Balaban J connectivity index is 1.98. The maximum Gasteiger partial charge on any atom is 0.125 e. The Morgan fingerprint density at radius 1 is 1.50 bits per heavy atom. The van der Waals surface area contributed by atoms with E-state index in [-0.39, 0.29) is 17.5 Å². The zero-order chi connectivity index (χ0) is 12.8. The molecule has 1 fully saturated rings. The van der Waals surface area contributed by atoms with Gasteiger partial charge < -0.3 is 15.8 Å². The lowest BCUT2D eigenvalue weighted by Crippen LogP contribution is -2.55. The van der Waals surface area contributed by atoms with E-state index in [1.165, 1.54) is 12.1 Å². The number of halogens is 1. The predicted octanol–water partition coefficient (Wildman–Crippen LogP) is 1.98. The Labute approximate surface area is 107 Å². The van der Waals surface area contributed by atoms with Crippen LogP contribution in [0.25, 0.3) is 0 Å². The van der Waals surface area contributed by atoms with Crippen molar-refractivity contribution >= 4 is 0 Å². The number of nitrogens with one attached hydrogen (secondary N) is 1. The molecule has 1 aromatic carbocycles. The topological polar surface area (TPSA) is 47.3 Å². The zero-order valence-electron chi connectivity index (χ0n) is 10.6. The molecule has 0 saturated carbocycles. The van der Waals surface area contributed by atoms with Crippen LogP contribution in [-0.2, 0) is 0 Å². The number of piperidine rings is 1. The quantitative estimate of drug-likeness (QED) is 0.740. The van der Waals surface area contributed by atoms with Gasteiger partial charge in [-0.2, -0.15) is 0 Å². The molecule has 18 heavy (non-hydrogen) atoms. The molecule has 0 radical (unpaired) electrons. The number of benzene rings is 1. The highest BCUT2D eigenvalue weighted by Crippen LogP contribution is 2.44. The van der Waals surface area contributed by atoms with Crippen molar-refractivity contribution in [2.24, 2.45) is 11.7 Å². The molecule has 0 aromatic heterocycles. The van der Waals surface area contributed by atoms with Crippen molar-refractivity contribution in [2.45, 2.75) is 31.4 Å². The van der Waals surface area contributed by atoms with Crippen molar-refractivity contribution in [3.63, 3.8) is 0 Å². The minimum absolute atomic E-state index is 0.134. The summed E-state index contributed by atoms with van der Waals surface area (Å²) in [5.41, 5.74) is 6.83. The average Bonchev–Trinajstić information content (AvgIpc) is 2.34. The highest BCUT2D eigenvalue weighted by Gasteiger charge is 2.45. The first-order chi connectivity index (χ1) is 8.61. The second-order valence-electron chi connectivity index (χ2n) is 5.51. The van der Waals surface area contributed by atoms with E-state index >= 15 is 0 Å². The van der Waals surface area contributed by atoms with E-state index in [4.69, 9.17) is 10.5 Å². The van der Waals surface area contributed by atoms with Gasteiger partial charge in [0.15, 0.2) is 0 Å². The van der Waals surface area contributed by atoms with Crippen LogP contribution in [0, 0.1) is 11.7 Å². The number of hydrogen-bond acceptors (Lipinski definition) is 3. The van der Waals surface area contributed by atoms with Crippen molar-refractivity contribution in [3.8, 4) is 5.75 Å². The third-order valence-electron chi connectivity index (χ3n) is 4.32. The predicted molar refractivity (Wildman–Crippen MR) is 68.0 cm³/mol. The Kier molecular flexibility index (Phi) is 2.79. The van der Waals surface area contributed by atoms with Crippen LogP contribution in [0.1, 0.15) is 31.4 Å². The Bertz CT molecular complexity index is 465.